The van der Waals surface area contributed by atoms with Gasteiger partial charge < -0.3 is 0 Å². The molecule has 0 aromatic carbocycles. The predicted molar refractivity (Wildman–Crippen MR) is 61.8 cm³/mol. The van der Waals surface area contributed by atoms with Crippen LogP contribution in [0.4, 0.5) is 0 Å². The molecule has 0 fully saturated rings. The van der Waals surface area contributed by atoms with Gasteiger partial charge in [0.25, 0.3) is 0 Å². The average Bonchev–Trinajstić information content (AvgIpc) is 2.18. The lowest BCUT2D eigenvalue weighted by Gasteiger charge is -2.07. The van der Waals surface area contributed by atoms with Crippen LogP contribution < -0.4 is 4.72 Å². The maximum absolute atomic E-state index is 11.9. The number of nitrogens with one attached hydrogen (secondary N) is 1. The maximum Gasteiger partial charge on any atom is 0.188 e. The lowest BCUT2D eigenvalue weighted by Crippen LogP contribution is -2.24. The van der Waals surface area contributed by atoms with E-state index < -0.39 is 9.71 Å². The van der Waals surface area contributed by atoms with Gasteiger partial charge in [-0.2, -0.15) is 5.26 Å². The van der Waals surface area contributed by atoms with E-state index >= 15 is 0 Å². The van der Waals surface area contributed by atoms with Gasteiger partial charge in [0.05, 0.1) is 9.71 Å². The van der Waals surface area contributed by atoms with Crippen LogP contribution in [-0.4, -0.2) is 20.3 Å². The van der Waals surface area contributed by atoms with Crippen molar-refractivity contribution in [1.29, 1.82) is 5.26 Å². The van der Waals surface area contributed by atoms with Crippen LogP contribution in [0, 0.1) is 11.5 Å². The number of aromatic nitrogens is 1. The highest BCUT2D eigenvalue weighted by Gasteiger charge is 2.07. The van der Waals surface area contributed by atoms with Gasteiger partial charge in [-0.3, -0.25) is 0 Å². The molecule has 1 aromatic heterocycles. The molecule has 1 aromatic rings. The van der Waals surface area contributed by atoms with E-state index in [-0.39, 0.29) is 0 Å². The summed E-state index contributed by atoms with van der Waals surface area (Å²) in [5.41, 5.74) is 0.703. The van der Waals surface area contributed by atoms with Crippen LogP contribution in [0.1, 0.15) is 12.5 Å². The van der Waals surface area contributed by atoms with E-state index in [2.05, 4.69) is 9.71 Å². The number of hydrogen-bond donors (Lipinski definition) is 1. The number of halogens is 1. The summed E-state index contributed by atoms with van der Waals surface area (Å²) in [5.74, 6) is 0. The molecular weight excluding hydrogens is 234 g/mol. The van der Waals surface area contributed by atoms with Gasteiger partial charge in [-0.15, -0.1) is 0 Å². The lowest BCUT2D eigenvalue weighted by molar-refractivity contribution is 0.681. The Bertz CT molecular complexity index is 509. The predicted octanol–water partition coefficient (Wildman–Crippen LogP) is 1.18. The second-order valence-corrected chi connectivity index (χ2v) is 5.87. The van der Waals surface area contributed by atoms with E-state index in [0.29, 0.717) is 15.6 Å². The van der Waals surface area contributed by atoms with Crippen LogP contribution in [-0.2, 0) is 9.71 Å². The Morgan fingerprint density at radius 1 is 1.67 bits per heavy atom. The van der Waals surface area contributed by atoms with Crippen molar-refractivity contribution in [1.82, 2.24) is 9.71 Å². The number of rotatable bonds is 2. The largest absolute Gasteiger partial charge is 0.249 e. The normalized spacial score (nSPS) is 13.7. The minimum absolute atomic E-state index is 0.377. The Kier molecular flexibility index (Phi) is 3.56. The Morgan fingerprint density at radius 3 is 2.80 bits per heavy atom. The molecule has 0 aliphatic rings. The van der Waals surface area contributed by atoms with Crippen LogP contribution in [0.3, 0.4) is 0 Å². The summed E-state index contributed by atoms with van der Waals surface area (Å²) in [6, 6.07) is 3.33. The van der Waals surface area contributed by atoms with Crippen molar-refractivity contribution in [3.63, 3.8) is 0 Å². The van der Waals surface area contributed by atoms with Gasteiger partial charge in [0.2, 0.25) is 0 Å². The summed E-state index contributed by atoms with van der Waals surface area (Å²) in [7, 11) is -2.50. The molecule has 1 N–H and O–H groups in total. The summed E-state index contributed by atoms with van der Waals surface area (Å²) < 4.78 is 14.2. The second kappa shape index (κ2) is 4.51. The molecule has 4 nitrogen and oxygen atoms in total. The summed E-state index contributed by atoms with van der Waals surface area (Å²) >= 11 is 5.63. The molecule has 1 heterocycles. The zero-order valence-electron chi connectivity index (χ0n) is 8.32. The average molecular weight is 244 g/mol. The molecule has 0 saturated heterocycles. The molecule has 6 heteroatoms. The van der Waals surface area contributed by atoms with Crippen molar-refractivity contribution in [2.45, 2.75) is 6.92 Å². The Hall–Kier alpha value is -1.25. The highest BCUT2D eigenvalue weighted by atomic mass is 35.5. The van der Waals surface area contributed by atoms with Crippen molar-refractivity contribution >= 4 is 26.2 Å². The third-order valence-corrected chi connectivity index (χ3v) is 4.07. The zero-order chi connectivity index (χ0) is 11.5. The van der Waals surface area contributed by atoms with Gasteiger partial charge in [-0.25, -0.2) is 13.9 Å². The smallest absolute Gasteiger partial charge is 0.188 e. The van der Waals surface area contributed by atoms with E-state index in [4.69, 9.17) is 16.9 Å². The zero-order valence-corrected chi connectivity index (χ0v) is 9.89. The first-order valence-corrected chi connectivity index (χ1v) is 6.42. The van der Waals surface area contributed by atoms with E-state index in [1.807, 2.05) is 0 Å². The topological polar surface area (TPSA) is 65.8 Å². The Balaban J connectivity index is 3.26. The quantitative estimate of drug-likeness (QED) is 0.279. The van der Waals surface area contributed by atoms with E-state index in [0.717, 1.165) is 0 Å². The standard InChI is InChI=1S/C9H10ClN3OS/c1-7(15(2,14)13-6-11)8-3-4-9(10)12-5-8/h3-5H,1-2H3,(H,13,14). The summed E-state index contributed by atoms with van der Waals surface area (Å²) in [6.07, 6.45) is 4.68. The third-order valence-electron chi connectivity index (χ3n) is 1.96. The maximum atomic E-state index is 11.9. The highest BCUT2D eigenvalue weighted by molar-refractivity contribution is 8.00. The molecule has 1 atom stereocenters. The van der Waals surface area contributed by atoms with Crippen LogP contribution in [0.5, 0.6) is 0 Å². The lowest BCUT2D eigenvalue weighted by atomic mass is 10.2. The van der Waals surface area contributed by atoms with E-state index in [1.54, 1.807) is 25.2 Å². The van der Waals surface area contributed by atoms with Crippen molar-refractivity contribution in [3.8, 4) is 6.19 Å². The van der Waals surface area contributed by atoms with E-state index in [9.17, 15) is 4.21 Å². The minimum Gasteiger partial charge on any atom is -0.249 e. The summed E-state index contributed by atoms with van der Waals surface area (Å²) in [6.45, 7) is 1.69. The molecule has 80 valence electrons. The molecule has 0 bridgehead atoms. The van der Waals surface area contributed by atoms with Crippen LogP contribution in [0.2, 0.25) is 5.15 Å². The van der Waals surface area contributed by atoms with Gasteiger partial charge in [0.1, 0.15) is 5.15 Å². The fraction of sp³-hybridized carbons (Fsp3) is 0.222. The summed E-state index contributed by atoms with van der Waals surface area (Å²) in [4.78, 5) is 4.46. The molecule has 1 rings (SSSR count). The fourth-order valence-electron chi connectivity index (χ4n) is 0.973. The molecule has 0 radical (unpaired) electrons. The molecule has 1 unspecified atom stereocenters. The first-order chi connectivity index (χ1) is 6.97. The number of hydrogen-bond acceptors (Lipinski definition) is 3. The summed E-state index contributed by atoms with van der Waals surface area (Å²) in [5, 5.41) is 8.83. The monoisotopic (exact) mass is 243 g/mol. The van der Waals surface area contributed by atoms with Gasteiger partial charge in [-0.05, 0) is 19.1 Å². The SMILES string of the molecule is CC(c1ccc(Cl)nc1)=S(C)(=O)NC#N. The molecule has 0 saturated carbocycles. The number of nitrogens with zero attached hydrogens (tertiary/aromatic N) is 2. The number of nitriles is 1. The van der Waals surface area contributed by atoms with E-state index in [1.165, 1.54) is 12.5 Å². The van der Waals surface area contributed by atoms with Gasteiger partial charge in [-0.1, -0.05) is 11.6 Å². The molecule has 15 heavy (non-hydrogen) atoms. The Labute approximate surface area is 94.0 Å². The van der Waals surface area contributed by atoms with Gasteiger partial charge in [0, 0.05) is 22.9 Å². The molecule has 0 amide bonds. The fourth-order valence-corrected chi connectivity index (χ4v) is 1.98. The van der Waals surface area contributed by atoms with Crippen LogP contribution in [0.25, 0.3) is 0 Å². The van der Waals surface area contributed by atoms with Crippen LogP contribution >= 0.6 is 11.6 Å². The molecule has 0 aliphatic heterocycles. The van der Waals surface area contributed by atoms with Crippen molar-refractivity contribution in [3.05, 3.63) is 29.0 Å². The van der Waals surface area contributed by atoms with Crippen molar-refractivity contribution in [2.75, 3.05) is 6.26 Å². The first-order valence-electron chi connectivity index (χ1n) is 4.08. The van der Waals surface area contributed by atoms with Crippen molar-refractivity contribution < 1.29 is 4.21 Å². The molecule has 0 spiro atoms. The van der Waals surface area contributed by atoms with Crippen LogP contribution in [0.15, 0.2) is 18.3 Å². The minimum atomic E-state index is -2.50. The van der Waals surface area contributed by atoms with Gasteiger partial charge in [0.15, 0.2) is 6.19 Å². The third kappa shape index (κ3) is 2.85. The Morgan fingerprint density at radius 2 is 2.33 bits per heavy atom. The van der Waals surface area contributed by atoms with Gasteiger partial charge >= 0.3 is 0 Å². The second-order valence-electron chi connectivity index (χ2n) is 2.98. The number of pyridine rings is 1. The first kappa shape index (κ1) is 11.8. The molecule has 0 aliphatic carbocycles. The van der Waals surface area contributed by atoms with Crippen molar-refractivity contribution in [2.24, 2.45) is 0 Å². The molecular formula is C9H10ClN3OS. The highest BCUT2D eigenvalue weighted by Crippen LogP contribution is 2.07.